The summed E-state index contributed by atoms with van der Waals surface area (Å²) in [5.74, 6) is 0.341. The Kier molecular flexibility index (Phi) is 7.35. The van der Waals surface area contributed by atoms with Gasteiger partial charge in [-0.15, -0.1) is 0 Å². The highest BCUT2D eigenvalue weighted by atomic mass is 79.9. The van der Waals surface area contributed by atoms with Crippen LogP contribution < -0.4 is 10.1 Å². The number of halogens is 1. The maximum Gasteiger partial charge on any atom is 0.482 e. The number of para-hydroxylation sites is 1. The molecular weight excluding hydrogens is 537 g/mol. The second kappa shape index (κ2) is 9.56. The lowest BCUT2D eigenvalue weighted by Crippen LogP contribution is -2.65. The maximum atomic E-state index is 13.1. The Balaban J connectivity index is 1.64. The lowest BCUT2D eigenvalue weighted by atomic mass is 9.43. The second-order valence-electron chi connectivity index (χ2n) is 13.1. The minimum absolute atomic E-state index is 0.0133. The summed E-state index contributed by atoms with van der Waals surface area (Å²) in [5, 5.41) is 3.15. The van der Waals surface area contributed by atoms with Crippen molar-refractivity contribution in [3.05, 3.63) is 29.3 Å². The number of amides is 1. The van der Waals surface area contributed by atoms with Gasteiger partial charge in [-0.3, -0.25) is 4.79 Å². The lowest BCUT2D eigenvalue weighted by molar-refractivity contribution is -0.199. The summed E-state index contributed by atoms with van der Waals surface area (Å²) in [6, 6.07) is 5.40. The fraction of sp³-hybridized carbons (Fsp3) is 0.714. The van der Waals surface area contributed by atoms with E-state index in [4.69, 9.17) is 18.8 Å². The smallest absolute Gasteiger partial charge is 0.482 e. The van der Waals surface area contributed by atoms with Crippen LogP contribution in [-0.2, 0) is 25.3 Å². The molecule has 2 bridgehead atoms. The van der Waals surface area contributed by atoms with Gasteiger partial charge in [-0.25, -0.2) is 4.79 Å². The number of hydrogen-bond acceptors (Lipinski definition) is 6. The van der Waals surface area contributed by atoms with Crippen LogP contribution in [0, 0.1) is 17.3 Å². The van der Waals surface area contributed by atoms with Gasteiger partial charge < -0.3 is 24.1 Å². The van der Waals surface area contributed by atoms with Gasteiger partial charge in [0.2, 0.25) is 5.91 Å². The third kappa shape index (κ3) is 5.33. The molecule has 3 aliphatic carbocycles. The Bertz CT molecular complexity index is 1060. The highest BCUT2D eigenvalue weighted by molar-refractivity contribution is 9.10. The zero-order valence-electron chi connectivity index (χ0n) is 23.6. The Labute approximate surface area is 230 Å². The van der Waals surface area contributed by atoms with E-state index in [2.05, 4.69) is 42.0 Å². The summed E-state index contributed by atoms with van der Waals surface area (Å²) in [6.45, 7) is 15.9. The number of hydrogen-bond donors (Lipinski definition) is 1. The fourth-order valence-corrected chi connectivity index (χ4v) is 6.46. The average Bonchev–Trinajstić information content (AvgIpc) is 3.13. The summed E-state index contributed by atoms with van der Waals surface area (Å²) >= 11 is 3.48. The standard InChI is InChI=1S/C28H41BBrNO6/c1-25(2,3)35-23(32)18-12-10-11-16(22(18)34-9)13-21(31-24(33)27(6,7)30)29-36-20-15-17-14-19(26(17,4)5)28(20,8)37-29/h10-12,17,19-21H,13-15H2,1-9H3,(H,31,33)/t17-,19-,20+,21?,28-/m0/s1. The number of methoxy groups -OCH3 is 1. The molecule has 1 heterocycles. The van der Waals surface area contributed by atoms with Crippen molar-refractivity contribution >= 4 is 34.9 Å². The van der Waals surface area contributed by atoms with Gasteiger partial charge >= 0.3 is 13.1 Å². The normalized spacial score (nSPS) is 29.1. The number of alkyl halides is 1. The zero-order chi connectivity index (χ0) is 27.6. The molecule has 204 valence electrons. The molecule has 1 aromatic rings. The van der Waals surface area contributed by atoms with Crippen molar-refractivity contribution in [3.63, 3.8) is 0 Å². The van der Waals surface area contributed by atoms with Crippen LogP contribution in [0.4, 0.5) is 0 Å². The van der Waals surface area contributed by atoms with Crippen LogP contribution in [0.1, 0.15) is 84.2 Å². The molecule has 1 amide bonds. The molecule has 5 rings (SSSR count). The summed E-state index contributed by atoms with van der Waals surface area (Å²) < 4.78 is 23.8. The number of benzene rings is 1. The molecule has 0 radical (unpaired) electrons. The molecule has 0 aromatic heterocycles. The predicted octanol–water partition coefficient (Wildman–Crippen LogP) is 5.12. The van der Waals surface area contributed by atoms with Crippen LogP contribution in [0.15, 0.2) is 18.2 Å². The van der Waals surface area contributed by atoms with Crippen molar-refractivity contribution in [3.8, 4) is 5.75 Å². The molecule has 5 atom stereocenters. The Morgan fingerprint density at radius 3 is 2.43 bits per heavy atom. The number of nitrogens with one attached hydrogen (secondary N) is 1. The van der Waals surface area contributed by atoms with E-state index in [1.807, 2.05) is 26.8 Å². The van der Waals surface area contributed by atoms with E-state index in [9.17, 15) is 9.59 Å². The van der Waals surface area contributed by atoms with Gasteiger partial charge in [0.05, 0.1) is 29.1 Å². The molecule has 1 unspecified atom stereocenters. The largest absolute Gasteiger partial charge is 0.496 e. The molecule has 3 saturated carbocycles. The topological polar surface area (TPSA) is 83.1 Å². The lowest BCUT2D eigenvalue weighted by Gasteiger charge is -2.64. The number of rotatable bonds is 7. The van der Waals surface area contributed by atoms with Crippen molar-refractivity contribution in [1.82, 2.24) is 5.32 Å². The van der Waals surface area contributed by atoms with E-state index in [1.165, 1.54) is 7.11 Å². The first kappa shape index (κ1) is 28.4. The van der Waals surface area contributed by atoms with Gasteiger partial charge in [-0.2, -0.15) is 0 Å². The van der Waals surface area contributed by atoms with E-state index >= 15 is 0 Å². The van der Waals surface area contributed by atoms with Crippen molar-refractivity contribution in [2.45, 2.75) is 102 Å². The Morgan fingerprint density at radius 2 is 1.86 bits per heavy atom. The first-order valence-corrected chi connectivity index (χ1v) is 14.0. The SMILES string of the molecule is COc1c(CC(NC(=O)C(C)(C)Br)B2O[C@@H]3C[C@@H]4C[C@@H](C4(C)C)[C@]3(C)O2)cccc1C(=O)OC(C)(C)C. The van der Waals surface area contributed by atoms with Crippen molar-refractivity contribution < 1.29 is 28.4 Å². The number of ether oxygens (including phenoxy) is 2. The van der Waals surface area contributed by atoms with E-state index in [-0.39, 0.29) is 17.4 Å². The first-order chi connectivity index (χ1) is 17.0. The van der Waals surface area contributed by atoms with E-state index in [0.717, 1.165) is 18.4 Å². The van der Waals surface area contributed by atoms with E-state index < -0.39 is 34.6 Å². The van der Waals surface area contributed by atoms with Gasteiger partial charge in [0, 0.05) is 0 Å². The van der Waals surface area contributed by atoms with Crippen LogP contribution in [0.5, 0.6) is 5.75 Å². The summed E-state index contributed by atoms with van der Waals surface area (Å²) in [4.78, 5) is 26.0. The highest BCUT2D eigenvalue weighted by Crippen LogP contribution is 2.65. The number of carbonyl (C=O) groups excluding carboxylic acids is 2. The van der Waals surface area contributed by atoms with Crippen LogP contribution in [-0.4, -0.2) is 53.7 Å². The summed E-state index contributed by atoms with van der Waals surface area (Å²) in [6.07, 6.45) is 2.45. The molecule has 1 saturated heterocycles. The van der Waals surface area contributed by atoms with Gasteiger partial charge in [-0.1, -0.05) is 41.9 Å². The third-order valence-electron chi connectivity index (χ3n) is 8.51. The molecule has 7 nitrogen and oxygen atoms in total. The van der Waals surface area contributed by atoms with Gasteiger partial charge in [-0.05, 0) is 89.7 Å². The summed E-state index contributed by atoms with van der Waals surface area (Å²) in [5.41, 5.74) is 0.281. The molecule has 0 spiro atoms. The van der Waals surface area contributed by atoms with Crippen LogP contribution in [0.2, 0.25) is 0 Å². The van der Waals surface area contributed by atoms with Crippen LogP contribution in [0.25, 0.3) is 0 Å². The minimum Gasteiger partial charge on any atom is -0.496 e. The fourth-order valence-electron chi connectivity index (χ4n) is 6.34. The van der Waals surface area contributed by atoms with Crippen LogP contribution >= 0.6 is 15.9 Å². The molecule has 1 aromatic carbocycles. The molecule has 4 aliphatic rings. The third-order valence-corrected chi connectivity index (χ3v) is 8.87. The average molecular weight is 578 g/mol. The Hall–Kier alpha value is -1.58. The quantitative estimate of drug-likeness (QED) is 0.275. The van der Waals surface area contributed by atoms with Gasteiger partial charge in [0.1, 0.15) is 16.9 Å². The highest BCUT2D eigenvalue weighted by Gasteiger charge is 2.68. The number of carbonyl (C=O) groups is 2. The molecule has 1 aliphatic heterocycles. The minimum atomic E-state index is -0.771. The zero-order valence-corrected chi connectivity index (χ0v) is 25.2. The molecule has 9 heteroatoms. The molecule has 4 fully saturated rings. The first-order valence-electron chi connectivity index (χ1n) is 13.2. The van der Waals surface area contributed by atoms with E-state index in [1.54, 1.807) is 26.0 Å². The molecule has 37 heavy (non-hydrogen) atoms. The maximum absolute atomic E-state index is 13.1. The van der Waals surface area contributed by atoms with Crippen molar-refractivity contribution in [1.29, 1.82) is 0 Å². The Morgan fingerprint density at radius 1 is 1.19 bits per heavy atom. The van der Waals surface area contributed by atoms with Crippen molar-refractivity contribution in [2.75, 3.05) is 7.11 Å². The monoisotopic (exact) mass is 577 g/mol. The van der Waals surface area contributed by atoms with Crippen molar-refractivity contribution in [2.24, 2.45) is 17.3 Å². The summed E-state index contributed by atoms with van der Waals surface area (Å²) in [7, 11) is 0.911. The molecular formula is C28H41BBrNO6. The second-order valence-corrected chi connectivity index (χ2v) is 15.1. The molecule has 1 N–H and O–H groups in total. The van der Waals surface area contributed by atoms with Gasteiger partial charge in [0.15, 0.2) is 0 Å². The number of esters is 1. The van der Waals surface area contributed by atoms with Gasteiger partial charge in [0.25, 0.3) is 0 Å². The van der Waals surface area contributed by atoms with Crippen LogP contribution in [0.3, 0.4) is 0 Å². The van der Waals surface area contributed by atoms with E-state index in [0.29, 0.717) is 29.6 Å². The predicted molar refractivity (Wildman–Crippen MR) is 147 cm³/mol.